The summed E-state index contributed by atoms with van der Waals surface area (Å²) < 4.78 is 6.98. The maximum Gasteiger partial charge on any atom is 0.118 e. The van der Waals surface area contributed by atoms with Gasteiger partial charge in [-0.05, 0) is 36.1 Å². The van der Waals surface area contributed by atoms with Crippen LogP contribution < -0.4 is 10.5 Å². The summed E-state index contributed by atoms with van der Waals surface area (Å²) in [6.07, 6.45) is 3.11. The third kappa shape index (κ3) is 4.95. The highest BCUT2D eigenvalue weighted by Gasteiger charge is 2.22. The number of aliphatic hydroxyl groups is 2. The maximum atomic E-state index is 9.28. The fourth-order valence-electron chi connectivity index (χ4n) is 2.87. The van der Waals surface area contributed by atoms with E-state index in [0.717, 1.165) is 28.1 Å². The number of hydrogen-bond acceptors (Lipinski definition) is 6. The quantitative estimate of drug-likeness (QED) is 0.519. The van der Waals surface area contributed by atoms with E-state index >= 15 is 0 Å². The van der Waals surface area contributed by atoms with Crippen molar-refractivity contribution in [3.05, 3.63) is 65.9 Å². The first-order chi connectivity index (χ1) is 13.5. The predicted molar refractivity (Wildman–Crippen MR) is 107 cm³/mol. The minimum Gasteiger partial charge on any atom is -0.497 e. The Hall–Kier alpha value is -2.74. The summed E-state index contributed by atoms with van der Waals surface area (Å²) in [5, 5.41) is 27.0. The largest absolute Gasteiger partial charge is 0.497 e. The lowest BCUT2D eigenvalue weighted by molar-refractivity contribution is 0.115. The first-order valence-corrected chi connectivity index (χ1v) is 9.18. The fraction of sp³-hybridized carbons (Fsp3) is 0.333. The molecule has 1 aromatic heterocycles. The topological polar surface area (TPSA) is 106 Å². The molecule has 1 heterocycles. The Kier molecular flexibility index (Phi) is 6.41. The van der Waals surface area contributed by atoms with Crippen molar-refractivity contribution in [1.29, 1.82) is 0 Å². The first kappa shape index (κ1) is 20.0. The van der Waals surface area contributed by atoms with Crippen LogP contribution in [0.25, 0.3) is 11.3 Å². The Morgan fingerprint density at radius 3 is 2.25 bits per heavy atom. The summed E-state index contributed by atoms with van der Waals surface area (Å²) in [6, 6.07) is 15.9. The second-order valence-electron chi connectivity index (χ2n) is 7.02. The number of methoxy groups -OCH3 is 1. The van der Waals surface area contributed by atoms with E-state index in [1.807, 2.05) is 54.7 Å². The monoisotopic (exact) mass is 382 g/mol. The Morgan fingerprint density at radius 1 is 1.00 bits per heavy atom. The standard InChI is InChI=1S/C21H26N4O3/c1-28-19-8-4-17(5-9-19)12-25-13-20(23-24-25)18-6-2-16(3-7-18)10-11-21(22,14-26)15-27/h2-9,13,26-27H,10-12,14-15,22H2,1H3. The summed E-state index contributed by atoms with van der Waals surface area (Å²) in [6.45, 7) is 0.160. The summed E-state index contributed by atoms with van der Waals surface area (Å²) in [4.78, 5) is 0. The molecule has 3 aromatic rings. The third-order valence-corrected chi connectivity index (χ3v) is 4.83. The van der Waals surface area contributed by atoms with Crippen LogP contribution in [0.15, 0.2) is 54.7 Å². The van der Waals surface area contributed by atoms with Gasteiger partial charge in [-0.1, -0.05) is 41.6 Å². The molecule has 0 aliphatic heterocycles. The average Bonchev–Trinajstić information content (AvgIpc) is 3.21. The highest BCUT2D eigenvalue weighted by Crippen LogP contribution is 2.19. The van der Waals surface area contributed by atoms with Crippen LogP contribution in [0.2, 0.25) is 0 Å². The van der Waals surface area contributed by atoms with Crippen LogP contribution in [0.4, 0.5) is 0 Å². The highest BCUT2D eigenvalue weighted by molar-refractivity contribution is 5.58. The molecule has 2 aromatic carbocycles. The number of aromatic nitrogens is 3. The van der Waals surface area contributed by atoms with Crippen molar-refractivity contribution in [1.82, 2.24) is 15.0 Å². The van der Waals surface area contributed by atoms with Crippen molar-refractivity contribution < 1.29 is 14.9 Å². The molecule has 0 bridgehead atoms. The number of rotatable bonds is 9. The molecule has 0 saturated carbocycles. The van der Waals surface area contributed by atoms with Crippen molar-refractivity contribution in [2.45, 2.75) is 24.9 Å². The molecule has 3 rings (SSSR count). The number of ether oxygens (including phenoxy) is 1. The molecule has 0 amide bonds. The minimum atomic E-state index is -0.942. The molecule has 148 valence electrons. The number of aliphatic hydroxyl groups excluding tert-OH is 2. The zero-order chi connectivity index (χ0) is 20.0. The summed E-state index contributed by atoms with van der Waals surface area (Å²) in [7, 11) is 1.65. The van der Waals surface area contributed by atoms with Gasteiger partial charge in [0.2, 0.25) is 0 Å². The molecular formula is C21H26N4O3. The number of nitrogens with two attached hydrogens (primary N) is 1. The van der Waals surface area contributed by atoms with Crippen LogP contribution >= 0.6 is 0 Å². The zero-order valence-electron chi connectivity index (χ0n) is 16.0. The van der Waals surface area contributed by atoms with Crippen LogP contribution in [0.3, 0.4) is 0 Å². The van der Waals surface area contributed by atoms with Crippen molar-refractivity contribution in [2.75, 3.05) is 20.3 Å². The first-order valence-electron chi connectivity index (χ1n) is 9.18. The van der Waals surface area contributed by atoms with Gasteiger partial charge in [0.25, 0.3) is 0 Å². The van der Waals surface area contributed by atoms with Gasteiger partial charge in [-0.3, -0.25) is 0 Å². The molecule has 0 radical (unpaired) electrons. The highest BCUT2D eigenvalue weighted by atomic mass is 16.5. The zero-order valence-corrected chi connectivity index (χ0v) is 16.0. The fourth-order valence-corrected chi connectivity index (χ4v) is 2.87. The van der Waals surface area contributed by atoms with E-state index in [1.165, 1.54) is 0 Å². The van der Waals surface area contributed by atoms with Crippen LogP contribution in [0.5, 0.6) is 5.75 Å². The van der Waals surface area contributed by atoms with E-state index in [2.05, 4.69) is 10.3 Å². The van der Waals surface area contributed by atoms with Gasteiger partial charge in [-0.2, -0.15) is 0 Å². The predicted octanol–water partition coefficient (Wildman–Crippen LogP) is 1.62. The summed E-state index contributed by atoms with van der Waals surface area (Å²) in [5.41, 5.74) is 8.97. The Morgan fingerprint density at radius 2 is 1.64 bits per heavy atom. The molecule has 0 fully saturated rings. The van der Waals surface area contributed by atoms with Gasteiger partial charge in [-0.25, -0.2) is 4.68 Å². The van der Waals surface area contributed by atoms with Gasteiger partial charge in [0.15, 0.2) is 0 Å². The molecule has 4 N–H and O–H groups in total. The number of hydrogen-bond donors (Lipinski definition) is 3. The molecule has 7 heteroatoms. The van der Waals surface area contributed by atoms with Crippen molar-refractivity contribution >= 4 is 0 Å². The van der Waals surface area contributed by atoms with E-state index in [9.17, 15) is 10.2 Å². The van der Waals surface area contributed by atoms with E-state index in [-0.39, 0.29) is 13.2 Å². The molecular weight excluding hydrogens is 356 g/mol. The van der Waals surface area contributed by atoms with Gasteiger partial charge < -0.3 is 20.7 Å². The van der Waals surface area contributed by atoms with Crippen molar-refractivity contribution in [3.8, 4) is 17.0 Å². The van der Waals surface area contributed by atoms with E-state index in [4.69, 9.17) is 10.5 Å². The average molecular weight is 382 g/mol. The second kappa shape index (κ2) is 8.97. The second-order valence-corrected chi connectivity index (χ2v) is 7.02. The minimum absolute atomic E-state index is 0.237. The van der Waals surface area contributed by atoms with Gasteiger partial charge in [0.05, 0.1) is 38.6 Å². The van der Waals surface area contributed by atoms with Crippen LogP contribution in [-0.4, -0.2) is 51.1 Å². The normalized spacial score (nSPS) is 11.6. The van der Waals surface area contributed by atoms with Crippen molar-refractivity contribution in [2.24, 2.45) is 5.73 Å². The van der Waals surface area contributed by atoms with Crippen LogP contribution in [0, 0.1) is 0 Å². The molecule has 0 saturated heterocycles. The van der Waals surface area contributed by atoms with Crippen molar-refractivity contribution in [3.63, 3.8) is 0 Å². The Bertz CT molecular complexity index is 871. The molecule has 0 unspecified atom stereocenters. The van der Waals surface area contributed by atoms with Gasteiger partial charge in [0, 0.05) is 5.56 Å². The number of nitrogens with zero attached hydrogens (tertiary/aromatic N) is 3. The van der Waals surface area contributed by atoms with Gasteiger partial charge in [-0.15, -0.1) is 5.10 Å². The van der Waals surface area contributed by atoms with Gasteiger partial charge >= 0.3 is 0 Å². The van der Waals surface area contributed by atoms with Crippen LogP contribution in [0.1, 0.15) is 17.5 Å². The SMILES string of the molecule is COc1ccc(Cn2cc(-c3ccc(CCC(N)(CO)CO)cc3)nn2)cc1. The molecule has 0 aliphatic carbocycles. The lowest BCUT2D eigenvalue weighted by atomic mass is 9.93. The number of benzene rings is 2. The molecule has 28 heavy (non-hydrogen) atoms. The summed E-state index contributed by atoms with van der Waals surface area (Å²) in [5.74, 6) is 0.827. The van der Waals surface area contributed by atoms with E-state index < -0.39 is 5.54 Å². The molecule has 0 spiro atoms. The maximum absolute atomic E-state index is 9.28. The summed E-state index contributed by atoms with van der Waals surface area (Å²) >= 11 is 0. The van der Waals surface area contributed by atoms with E-state index in [0.29, 0.717) is 19.4 Å². The van der Waals surface area contributed by atoms with E-state index in [1.54, 1.807) is 11.8 Å². The Balaban J connectivity index is 1.62. The van der Waals surface area contributed by atoms with Crippen LogP contribution in [-0.2, 0) is 13.0 Å². The Labute approximate surface area is 164 Å². The smallest absolute Gasteiger partial charge is 0.118 e. The molecule has 0 aliphatic rings. The number of aryl methyl sites for hydroxylation is 1. The lowest BCUT2D eigenvalue weighted by Crippen LogP contribution is -2.47. The molecule has 7 nitrogen and oxygen atoms in total. The molecule has 0 atom stereocenters. The third-order valence-electron chi connectivity index (χ3n) is 4.83. The lowest BCUT2D eigenvalue weighted by Gasteiger charge is -2.24. The van der Waals surface area contributed by atoms with Gasteiger partial charge in [0.1, 0.15) is 11.4 Å².